The number of rotatable bonds is 3. The fourth-order valence-electron chi connectivity index (χ4n) is 1.98. The van der Waals surface area contributed by atoms with Crippen LogP contribution in [0, 0.1) is 5.82 Å². The lowest BCUT2D eigenvalue weighted by molar-refractivity contribution is 0.286. The van der Waals surface area contributed by atoms with Crippen LogP contribution < -0.4 is 4.74 Å². The molecule has 0 amide bonds. The monoisotopic (exact) mass is 257 g/mol. The number of aromatic nitrogens is 1. The molecule has 0 atom stereocenters. The number of ether oxygens (including phenoxy) is 1. The summed E-state index contributed by atoms with van der Waals surface area (Å²) in [6, 6.07) is 13.2. The molecule has 3 rings (SSSR count). The summed E-state index contributed by atoms with van der Waals surface area (Å²) < 4.78 is 18.6. The normalized spacial score (nSPS) is 10.8. The Morgan fingerprint density at radius 1 is 1.11 bits per heavy atom. The highest BCUT2D eigenvalue weighted by atomic mass is 19.1. The van der Waals surface area contributed by atoms with Gasteiger partial charge in [0, 0.05) is 10.9 Å². The Balaban J connectivity index is 1.80. The summed E-state index contributed by atoms with van der Waals surface area (Å²) in [6.45, 7) is 0.286. The van der Waals surface area contributed by atoms with Crippen molar-refractivity contribution in [1.82, 2.24) is 4.98 Å². The number of para-hydroxylation sites is 2. The molecule has 0 unspecified atom stereocenters. The van der Waals surface area contributed by atoms with Gasteiger partial charge in [-0.1, -0.05) is 12.1 Å². The Morgan fingerprint density at radius 2 is 1.95 bits per heavy atom. The van der Waals surface area contributed by atoms with E-state index in [0.717, 1.165) is 16.6 Å². The van der Waals surface area contributed by atoms with Gasteiger partial charge >= 0.3 is 0 Å². The van der Waals surface area contributed by atoms with E-state index < -0.39 is 0 Å². The van der Waals surface area contributed by atoms with E-state index in [1.54, 1.807) is 30.3 Å². The average Bonchev–Trinajstić information content (AvgIpc) is 2.79. The molecule has 4 heteroatoms. The molecule has 96 valence electrons. The Hall–Kier alpha value is -2.49. The van der Waals surface area contributed by atoms with Gasteiger partial charge < -0.3 is 14.8 Å². The first-order valence-corrected chi connectivity index (χ1v) is 5.90. The van der Waals surface area contributed by atoms with Gasteiger partial charge in [-0.25, -0.2) is 4.39 Å². The summed E-state index contributed by atoms with van der Waals surface area (Å²) in [5.41, 5.74) is 1.68. The van der Waals surface area contributed by atoms with Crippen LogP contribution in [0.2, 0.25) is 0 Å². The minimum absolute atomic E-state index is 0.102. The molecule has 0 aliphatic rings. The average molecular weight is 257 g/mol. The summed E-state index contributed by atoms with van der Waals surface area (Å²) in [5, 5.41) is 10.4. The molecular weight excluding hydrogens is 245 g/mol. The molecule has 2 N–H and O–H groups in total. The molecule has 0 aliphatic carbocycles. The van der Waals surface area contributed by atoms with Crippen molar-refractivity contribution in [1.29, 1.82) is 0 Å². The van der Waals surface area contributed by atoms with E-state index in [9.17, 15) is 9.50 Å². The zero-order valence-electron chi connectivity index (χ0n) is 10.1. The second-order valence-corrected chi connectivity index (χ2v) is 4.28. The van der Waals surface area contributed by atoms with Gasteiger partial charge in [0.2, 0.25) is 0 Å². The molecule has 0 fully saturated rings. The van der Waals surface area contributed by atoms with E-state index >= 15 is 0 Å². The van der Waals surface area contributed by atoms with Gasteiger partial charge in [0.1, 0.15) is 12.4 Å². The summed E-state index contributed by atoms with van der Waals surface area (Å²) in [7, 11) is 0. The highest BCUT2D eigenvalue weighted by molar-refractivity contribution is 5.80. The highest BCUT2D eigenvalue weighted by Gasteiger charge is 2.04. The lowest BCUT2D eigenvalue weighted by Crippen LogP contribution is -1.95. The number of hydrogen-bond acceptors (Lipinski definition) is 2. The maximum absolute atomic E-state index is 13.1. The van der Waals surface area contributed by atoms with Crippen LogP contribution in [-0.4, -0.2) is 10.1 Å². The molecule has 19 heavy (non-hydrogen) atoms. The van der Waals surface area contributed by atoms with Crippen molar-refractivity contribution in [2.75, 3.05) is 0 Å². The van der Waals surface area contributed by atoms with E-state index in [1.807, 2.05) is 6.07 Å². The van der Waals surface area contributed by atoms with Crippen molar-refractivity contribution < 1.29 is 14.2 Å². The van der Waals surface area contributed by atoms with Gasteiger partial charge in [0.05, 0.1) is 5.69 Å². The summed E-state index contributed by atoms with van der Waals surface area (Å²) >= 11 is 0. The fourth-order valence-corrected chi connectivity index (χ4v) is 1.98. The third-order valence-electron chi connectivity index (χ3n) is 2.89. The zero-order chi connectivity index (χ0) is 13.2. The molecule has 2 aromatic carbocycles. The first-order chi connectivity index (χ1) is 9.22. The minimum atomic E-state index is -0.264. The number of aromatic amines is 1. The van der Waals surface area contributed by atoms with Crippen molar-refractivity contribution in [2.45, 2.75) is 6.61 Å². The van der Waals surface area contributed by atoms with Gasteiger partial charge in [0.15, 0.2) is 11.5 Å². The van der Waals surface area contributed by atoms with E-state index in [4.69, 9.17) is 4.74 Å². The lowest BCUT2D eigenvalue weighted by atomic mass is 10.2. The second-order valence-electron chi connectivity index (χ2n) is 4.28. The number of nitrogens with one attached hydrogen (secondary N) is 1. The van der Waals surface area contributed by atoms with Crippen molar-refractivity contribution >= 4 is 10.9 Å². The van der Waals surface area contributed by atoms with Crippen molar-refractivity contribution in [3.05, 3.63) is 60.0 Å². The third-order valence-corrected chi connectivity index (χ3v) is 2.89. The predicted octanol–water partition coefficient (Wildman–Crippen LogP) is 3.59. The Morgan fingerprint density at radius 3 is 2.79 bits per heavy atom. The molecule has 1 heterocycles. The minimum Gasteiger partial charge on any atom is -0.504 e. The SMILES string of the molecule is Oc1ccccc1OCc1cc2cc(F)ccc2[nH]1. The molecule has 0 saturated heterocycles. The standard InChI is InChI=1S/C15H12FNO2/c16-11-5-6-13-10(7-11)8-12(17-13)9-19-15-4-2-1-3-14(15)18/h1-8,17-18H,9H2. The number of phenols is 1. The van der Waals surface area contributed by atoms with E-state index in [-0.39, 0.29) is 18.2 Å². The van der Waals surface area contributed by atoms with Crippen LogP contribution in [0.25, 0.3) is 10.9 Å². The lowest BCUT2D eigenvalue weighted by Gasteiger charge is -2.05. The molecule has 3 nitrogen and oxygen atoms in total. The second kappa shape index (κ2) is 4.65. The third kappa shape index (κ3) is 2.38. The molecule has 0 saturated carbocycles. The van der Waals surface area contributed by atoms with E-state index in [0.29, 0.717) is 5.75 Å². The van der Waals surface area contributed by atoms with Crippen LogP contribution in [0.4, 0.5) is 4.39 Å². The summed E-state index contributed by atoms with van der Waals surface area (Å²) in [5.74, 6) is 0.261. The van der Waals surface area contributed by atoms with Crippen LogP contribution in [0.15, 0.2) is 48.5 Å². The highest BCUT2D eigenvalue weighted by Crippen LogP contribution is 2.25. The molecule has 0 spiro atoms. The van der Waals surface area contributed by atoms with Crippen LogP contribution in [0.1, 0.15) is 5.69 Å². The smallest absolute Gasteiger partial charge is 0.161 e. The number of fused-ring (bicyclic) bond motifs is 1. The number of aromatic hydroxyl groups is 1. The van der Waals surface area contributed by atoms with E-state index in [1.165, 1.54) is 12.1 Å². The Labute approximate surface area is 109 Å². The van der Waals surface area contributed by atoms with Crippen molar-refractivity contribution in [3.8, 4) is 11.5 Å². The first-order valence-electron chi connectivity index (χ1n) is 5.90. The number of phenolic OH excluding ortho intramolecular Hbond substituents is 1. The zero-order valence-corrected chi connectivity index (χ0v) is 10.1. The van der Waals surface area contributed by atoms with Crippen molar-refractivity contribution in [3.63, 3.8) is 0 Å². The van der Waals surface area contributed by atoms with Crippen molar-refractivity contribution in [2.24, 2.45) is 0 Å². The van der Waals surface area contributed by atoms with Gasteiger partial charge in [-0.3, -0.25) is 0 Å². The molecule has 1 aromatic heterocycles. The number of H-pyrrole nitrogens is 1. The van der Waals surface area contributed by atoms with Gasteiger partial charge in [0.25, 0.3) is 0 Å². The topological polar surface area (TPSA) is 45.2 Å². The molecular formula is C15H12FNO2. The maximum Gasteiger partial charge on any atom is 0.161 e. The van der Waals surface area contributed by atoms with Crippen LogP contribution in [0.5, 0.6) is 11.5 Å². The fraction of sp³-hybridized carbons (Fsp3) is 0.0667. The van der Waals surface area contributed by atoms with Crippen LogP contribution in [-0.2, 0) is 6.61 Å². The van der Waals surface area contributed by atoms with Crippen LogP contribution >= 0.6 is 0 Å². The van der Waals surface area contributed by atoms with Crippen LogP contribution in [0.3, 0.4) is 0 Å². The molecule has 3 aromatic rings. The number of halogens is 1. The number of benzene rings is 2. The van der Waals surface area contributed by atoms with E-state index in [2.05, 4.69) is 4.98 Å². The Bertz CT molecular complexity index is 721. The summed E-state index contributed by atoms with van der Waals surface area (Å²) in [4.78, 5) is 3.14. The van der Waals surface area contributed by atoms with Gasteiger partial charge in [-0.05, 0) is 36.4 Å². The van der Waals surface area contributed by atoms with Gasteiger partial charge in [-0.2, -0.15) is 0 Å². The molecule has 0 bridgehead atoms. The number of hydrogen-bond donors (Lipinski definition) is 2. The maximum atomic E-state index is 13.1. The quantitative estimate of drug-likeness (QED) is 0.753. The van der Waals surface area contributed by atoms with Gasteiger partial charge in [-0.15, -0.1) is 0 Å². The first kappa shape index (κ1) is 11.6. The molecule has 0 radical (unpaired) electrons. The largest absolute Gasteiger partial charge is 0.504 e. The predicted molar refractivity (Wildman–Crippen MR) is 70.7 cm³/mol. The Kier molecular flexibility index (Phi) is 2.83. The molecule has 0 aliphatic heterocycles. The summed E-state index contributed by atoms with van der Waals surface area (Å²) in [6.07, 6.45) is 0.